The number of benzene rings is 1. The maximum atomic E-state index is 11.8. The second kappa shape index (κ2) is 50.1. The summed E-state index contributed by atoms with van der Waals surface area (Å²) in [6.07, 6.45) is 7.05. The predicted octanol–water partition coefficient (Wildman–Crippen LogP) is 32.3. The molecule has 15 aromatic heterocycles. The summed E-state index contributed by atoms with van der Waals surface area (Å²) in [6.45, 7) is 66.8. The number of aromatic nitrogens is 8. The number of sulfone groups is 1. The predicted molar refractivity (Wildman–Crippen MR) is 574 cm³/mol. The van der Waals surface area contributed by atoms with Crippen LogP contribution in [0.4, 0.5) is 0 Å². The van der Waals surface area contributed by atoms with Crippen LogP contribution in [-0.2, 0) is 9.84 Å². The molecule has 0 N–H and O–H groups in total. The molecule has 0 aliphatic heterocycles. The van der Waals surface area contributed by atoms with E-state index in [-0.39, 0.29) is 16.9 Å². The van der Waals surface area contributed by atoms with Crippen LogP contribution in [0.15, 0.2) is 134 Å². The number of methoxy groups -OCH3 is 1. The van der Waals surface area contributed by atoms with E-state index in [4.69, 9.17) is 37.9 Å². The first kappa shape index (κ1) is 108. The normalized spacial score (nSPS) is 11.4. The highest BCUT2D eigenvalue weighted by Crippen LogP contribution is 2.44. The fraction of sp³-hybridized carbons (Fsp3) is 0.434. The molecule has 714 valence electrons. The van der Waals surface area contributed by atoms with Crippen LogP contribution in [0.3, 0.4) is 0 Å². The highest BCUT2D eigenvalue weighted by molar-refractivity contribution is 7.99. The molecule has 0 spiro atoms. The van der Waals surface area contributed by atoms with Crippen molar-refractivity contribution in [2.24, 2.45) is 0 Å². The summed E-state index contributed by atoms with van der Waals surface area (Å²) in [4.78, 5) is 38.8. The maximum absolute atomic E-state index is 11.8. The number of rotatable bonds is 26. The van der Waals surface area contributed by atoms with E-state index in [1.807, 2.05) is 96.5 Å². The molecule has 0 saturated carbocycles. The molecular weight excluding hydrogens is 1830 g/mol. The molecule has 0 saturated heterocycles. The first-order valence-corrected chi connectivity index (χ1v) is 55.0. The van der Waals surface area contributed by atoms with Crippen molar-refractivity contribution in [1.82, 2.24) is 39.9 Å². The van der Waals surface area contributed by atoms with Gasteiger partial charge in [-0.2, -0.15) is 0 Å². The lowest BCUT2D eigenvalue weighted by Crippen LogP contribution is -2.07. The molecule has 0 aliphatic carbocycles. The Morgan fingerprint density at radius 1 is 0.391 bits per heavy atom. The average Bonchev–Trinajstić information content (AvgIpc) is 1.76. The van der Waals surface area contributed by atoms with E-state index in [1.165, 1.54) is 117 Å². The molecule has 1 aromatic carbocycles. The number of thiophene rings is 7. The summed E-state index contributed by atoms with van der Waals surface area (Å²) in [5, 5.41) is 13.5. The fourth-order valence-corrected chi connectivity index (χ4v) is 24.4. The molecule has 0 amide bonds. The second-order valence-corrected chi connectivity index (χ2v) is 44.1. The quantitative estimate of drug-likeness (QED) is 0.0364. The third-order valence-corrected chi connectivity index (χ3v) is 31.0. The number of aryl methyl sites for hydroxylation is 5. The van der Waals surface area contributed by atoms with Gasteiger partial charge in [0.1, 0.15) is 22.8 Å². The summed E-state index contributed by atoms with van der Waals surface area (Å²) in [5.41, 5.74) is 23.4. The third-order valence-electron chi connectivity index (χ3n) is 21.4. The van der Waals surface area contributed by atoms with E-state index in [1.54, 1.807) is 87.0 Å². The van der Waals surface area contributed by atoms with Gasteiger partial charge in [-0.1, -0.05) is 123 Å². The van der Waals surface area contributed by atoms with Gasteiger partial charge in [0.15, 0.2) is 9.84 Å². The minimum Gasteiger partial charge on any atom is -0.496 e. The number of thioether (sulfide) groups is 1. The Hall–Kier alpha value is -9.16. The minimum atomic E-state index is -3.27. The fourth-order valence-electron chi connectivity index (χ4n) is 14.5. The Bertz CT molecular complexity index is 6650. The number of pyridine rings is 8. The van der Waals surface area contributed by atoms with Gasteiger partial charge in [-0.3, -0.25) is 4.98 Å². The van der Waals surface area contributed by atoms with Crippen molar-refractivity contribution < 1.29 is 46.3 Å². The highest BCUT2D eigenvalue weighted by atomic mass is 32.2. The molecule has 16 aromatic rings. The smallest absolute Gasteiger partial charge is 0.214 e. The molecule has 16 rings (SSSR count). The van der Waals surface area contributed by atoms with Gasteiger partial charge in [-0.15, -0.1) is 91.1 Å². The Morgan fingerprint density at radius 3 is 1.15 bits per heavy atom. The number of hydrogen-bond acceptors (Lipinski definition) is 26. The monoisotopic (exact) mass is 1970 g/mol. The maximum Gasteiger partial charge on any atom is 0.214 e. The molecule has 0 fully saturated rings. The van der Waals surface area contributed by atoms with Gasteiger partial charge in [0.2, 0.25) is 41.2 Å². The zero-order valence-corrected chi connectivity index (χ0v) is 90.9. The van der Waals surface area contributed by atoms with Gasteiger partial charge in [0.05, 0.1) is 123 Å². The molecule has 0 bridgehead atoms. The lowest BCUT2D eigenvalue weighted by Gasteiger charge is -2.16. The topological polar surface area (TPSA) is 211 Å². The van der Waals surface area contributed by atoms with Crippen molar-refractivity contribution in [3.05, 3.63) is 196 Å². The van der Waals surface area contributed by atoms with Crippen molar-refractivity contribution in [2.75, 3.05) is 59.3 Å². The van der Waals surface area contributed by atoms with Gasteiger partial charge in [-0.05, 0) is 261 Å². The summed E-state index contributed by atoms with van der Waals surface area (Å²) < 4.78 is 76.7. The van der Waals surface area contributed by atoms with Crippen LogP contribution in [0.5, 0.6) is 46.9 Å². The Kier molecular flexibility index (Phi) is 40.5. The van der Waals surface area contributed by atoms with Gasteiger partial charge >= 0.3 is 0 Å². The zero-order chi connectivity index (χ0) is 97.6. The van der Waals surface area contributed by atoms with Crippen molar-refractivity contribution in [3.63, 3.8) is 0 Å². The van der Waals surface area contributed by atoms with Gasteiger partial charge in [-0.25, -0.2) is 43.3 Å². The molecule has 15 heterocycles. The Morgan fingerprint density at radius 2 is 0.744 bits per heavy atom. The van der Waals surface area contributed by atoms with Crippen LogP contribution in [0.25, 0.3) is 82.4 Å². The van der Waals surface area contributed by atoms with E-state index in [2.05, 4.69) is 267 Å². The van der Waals surface area contributed by atoms with E-state index in [0.29, 0.717) is 104 Å². The zero-order valence-electron chi connectivity index (χ0n) is 83.5. The number of fused-ring (bicyclic) bond motifs is 8. The van der Waals surface area contributed by atoms with Crippen molar-refractivity contribution in [2.45, 2.75) is 257 Å². The molecule has 0 atom stereocenters. The van der Waals surface area contributed by atoms with Crippen LogP contribution in [0.1, 0.15) is 278 Å². The van der Waals surface area contributed by atoms with Crippen molar-refractivity contribution >= 4 is 183 Å². The van der Waals surface area contributed by atoms with Crippen LogP contribution < -0.4 is 37.9 Å². The van der Waals surface area contributed by atoms with Gasteiger partial charge in [0, 0.05) is 70.6 Å². The molecule has 0 aliphatic rings. The van der Waals surface area contributed by atoms with Crippen LogP contribution in [0, 0.1) is 34.6 Å². The lowest BCUT2D eigenvalue weighted by atomic mass is 9.99. The molecule has 133 heavy (non-hydrogen) atoms. The summed E-state index contributed by atoms with van der Waals surface area (Å²) in [7, 11) is -1.58. The molecule has 0 radical (unpaired) electrons. The van der Waals surface area contributed by atoms with E-state index in [9.17, 15) is 8.42 Å². The summed E-state index contributed by atoms with van der Waals surface area (Å²) >= 11 is 13.8. The molecule has 0 unspecified atom stereocenters. The lowest BCUT2D eigenvalue weighted by molar-refractivity contribution is 0.233. The van der Waals surface area contributed by atoms with Crippen molar-refractivity contribution in [1.29, 1.82) is 0 Å². The molecule has 27 heteroatoms. The average molecular weight is 1970 g/mol. The number of hydrogen-bond donors (Lipinski definition) is 0. The highest BCUT2D eigenvalue weighted by Gasteiger charge is 2.24. The second-order valence-electron chi connectivity index (χ2n) is 34.7. The van der Waals surface area contributed by atoms with Gasteiger partial charge in [0.25, 0.3) is 0 Å². The largest absolute Gasteiger partial charge is 0.496 e. The SMILES string of the molecule is C=CCOc1cc(C(C)C)c2scc(C)c2n1.CC(C)c1ccnc2ccsc12.CCOc1cc(C(C)C)c2ccc(OC)c(SC)c2n1.CCOc1cc(C(C)C)c2sc(C)c(C)c2n1.CCOc1cc(C(C)C)c2scc(C)c2n1.CCOc1cc(C(C)C)c2scc(S(C)(=O)=O)c2n1.CCOc1cc(C(C)C)c2sccc2n1.Cc1csc2c(C(C)C)cc(OC(C)C)nc12. The van der Waals surface area contributed by atoms with E-state index < -0.39 is 9.84 Å². The summed E-state index contributed by atoms with van der Waals surface area (Å²) in [6, 6.07) is 24.7. The Balaban J connectivity index is 0.000000171. The summed E-state index contributed by atoms with van der Waals surface area (Å²) in [5.74, 6) is 9.51. The first-order valence-electron chi connectivity index (χ1n) is 45.8. The number of ether oxygens (including phenoxy) is 8. The minimum absolute atomic E-state index is 0.166. The van der Waals surface area contributed by atoms with Crippen LogP contribution in [0.2, 0.25) is 0 Å². The van der Waals surface area contributed by atoms with Crippen LogP contribution >= 0.6 is 91.1 Å². The molecular formula is C106H136N8O10S9. The standard InChI is InChI=1S/C16H21NO2S.2C14H19NOS.C14H17NOS.C13H17NO3S2.C13H17NOS.C12H15NOS.C10H11NS/c1-6-19-14-9-12(10(2)3)11-7-8-13(18-4)16(20-5)15(11)17-14;1-8(2)11-6-12(16-9(3)4)15-13-10(5)7-17-14(11)13;1-6-16-12-7-11(8(2)3)14-13(15-12)9(4)10(5)17-14;1-5-6-16-12-7-11(9(2)3)14-13(15-12)10(4)8-17-14;1-5-17-11-6-9(8(2)3)13-12(14-11)10(7-18-13)19(4,15)16;1-5-15-11-6-10(8(2)3)13-12(14-11)9(4)7-16-13;1-4-14-11-7-9(8(2)3)12-10(13-11)5-6-15-12;1-7(2)8-3-5-11-9-4-6-12-10(8)9/h7-10H,6H2,1-5H3;6-9H,1-5H3;7-8H,6H2,1-5H3;5,7-9H,1,6H2,2-4H3;6-8H,5H2,1-4H3;6-8H,5H2,1-4H3;5-8H,4H2,1-3H3;3-7H,1-2H3. The van der Waals surface area contributed by atoms with E-state index >= 15 is 0 Å². The van der Waals surface area contributed by atoms with E-state index in [0.717, 1.165) is 83.0 Å². The number of nitrogens with zero attached hydrogens (tertiary/aromatic N) is 8. The molecule has 18 nitrogen and oxygen atoms in total. The third kappa shape index (κ3) is 27.6. The van der Waals surface area contributed by atoms with Crippen molar-refractivity contribution in [3.8, 4) is 46.9 Å². The van der Waals surface area contributed by atoms with Crippen LogP contribution in [-0.4, -0.2) is 114 Å². The Labute approximate surface area is 821 Å². The first-order chi connectivity index (χ1) is 63.3. The van der Waals surface area contributed by atoms with Gasteiger partial charge < -0.3 is 37.9 Å².